The Morgan fingerprint density at radius 3 is 2.64 bits per heavy atom. The average molecular weight is 302 g/mol. The van der Waals surface area contributed by atoms with Crippen molar-refractivity contribution in [3.05, 3.63) is 42.1 Å². The van der Waals surface area contributed by atoms with Crippen LogP contribution in [0.5, 0.6) is 0 Å². The van der Waals surface area contributed by atoms with Crippen molar-refractivity contribution in [3.8, 4) is 0 Å². The standard InChI is InChI=1S/C15H18N4O3/c16-15-12(18-13(20)7-4-8-14(21)22)9-17-19(15)10-11-5-2-1-3-6-11/h1-3,5-6,9H,4,7-8,10,16H2,(H,18,20)(H,21,22). The zero-order valence-electron chi connectivity index (χ0n) is 12.0. The van der Waals surface area contributed by atoms with E-state index in [1.165, 1.54) is 6.20 Å². The summed E-state index contributed by atoms with van der Waals surface area (Å²) in [6.45, 7) is 0.515. The first kappa shape index (κ1) is 15.6. The molecule has 0 aliphatic rings. The fourth-order valence-corrected chi connectivity index (χ4v) is 1.99. The van der Waals surface area contributed by atoms with Crippen LogP contribution >= 0.6 is 0 Å². The van der Waals surface area contributed by atoms with E-state index in [1.54, 1.807) is 4.68 Å². The summed E-state index contributed by atoms with van der Waals surface area (Å²) in [4.78, 5) is 22.1. The second-order valence-electron chi connectivity index (χ2n) is 4.88. The Balaban J connectivity index is 1.93. The molecule has 0 unspecified atom stereocenters. The second-order valence-corrected chi connectivity index (χ2v) is 4.88. The van der Waals surface area contributed by atoms with Gasteiger partial charge in [0.1, 0.15) is 11.5 Å². The van der Waals surface area contributed by atoms with Crippen molar-refractivity contribution in [2.75, 3.05) is 11.1 Å². The molecule has 4 N–H and O–H groups in total. The van der Waals surface area contributed by atoms with Crippen LogP contribution in [0.1, 0.15) is 24.8 Å². The molecule has 0 saturated carbocycles. The maximum Gasteiger partial charge on any atom is 0.303 e. The molecule has 1 aromatic carbocycles. The van der Waals surface area contributed by atoms with E-state index in [2.05, 4.69) is 10.4 Å². The van der Waals surface area contributed by atoms with Crippen molar-refractivity contribution < 1.29 is 14.7 Å². The van der Waals surface area contributed by atoms with Crippen molar-refractivity contribution in [1.82, 2.24) is 9.78 Å². The monoisotopic (exact) mass is 302 g/mol. The van der Waals surface area contributed by atoms with Gasteiger partial charge in [-0.05, 0) is 12.0 Å². The summed E-state index contributed by atoms with van der Waals surface area (Å²) in [5, 5.41) is 15.3. The SMILES string of the molecule is Nc1c(NC(=O)CCCC(=O)O)cnn1Cc1ccccc1. The van der Waals surface area contributed by atoms with Crippen LogP contribution in [0.4, 0.5) is 11.5 Å². The highest BCUT2D eigenvalue weighted by atomic mass is 16.4. The minimum atomic E-state index is -0.914. The Labute approximate surface area is 127 Å². The van der Waals surface area contributed by atoms with Gasteiger partial charge in [0.05, 0.1) is 12.7 Å². The number of aliphatic carboxylic acids is 1. The van der Waals surface area contributed by atoms with Crippen LogP contribution in [0.15, 0.2) is 36.5 Å². The Hall–Kier alpha value is -2.83. The summed E-state index contributed by atoms with van der Waals surface area (Å²) in [7, 11) is 0. The molecule has 0 atom stereocenters. The first-order chi connectivity index (χ1) is 10.6. The van der Waals surface area contributed by atoms with Crippen LogP contribution in [0.2, 0.25) is 0 Å². The zero-order valence-corrected chi connectivity index (χ0v) is 12.0. The largest absolute Gasteiger partial charge is 0.481 e. The number of carboxylic acid groups (broad SMARTS) is 1. The number of rotatable bonds is 7. The van der Waals surface area contributed by atoms with Gasteiger partial charge in [-0.3, -0.25) is 9.59 Å². The molecule has 2 aromatic rings. The van der Waals surface area contributed by atoms with Crippen molar-refractivity contribution in [1.29, 1.82) is 0 Å². The third-order valence-corrected chi connectivity index (χ3v) is 3.12. The zero-order chi connectivity index (χ0) is 15.9. The minimum Gasteiger partial charge on any atom is -0.481 e. The number of amides is 1. The molecule has 0 spiro atoms. The van der Waals surface area contributed by atoms with Gasteiger partial charge in [0.15, 0.2) is 0 Å². The Kier molecular flexibility index (Phi) is 5.13. The molecule has 0 saturated heterocycles. The highest BCUT2D eigenvalue weighted by molar-refractivity contribution is 5.93. The smallest absolute Gasteiger partial charge is 0.303 e. The number of nitrogens with one attached hydrogen (secondary N) is 1. The average Bonchev–Trinajstić information content (AvgIpc) is 2.81. The number of hydrogen-bond acceptors (Lipinski definition) is 4. The summed E-state index contributed by atoms with van der Waals surface area (Å²) in [5.41, 5.74) is 7.46. The van der Waals surface area contributed by atoms with E-state index in [4.69, 9.17) is 10.8 Å². The third kappa shape index (κ3) is 4.34. The van der Waals surface area contributed by atoms with E-state index in [0.29, 0.717) is 24.5 Å². The Morgan fingerprint density at radius 2 is 1.95 bits per heavy atom. The van der Waals surface area contributed by atoms with Crippen molar-refractivity contribution in [2.24, 2.45) is 0 Å². The van der Waals surface area contributed by atoms with Gasteiger partial charge in [-0.25, -0.2) is 4.68 Å². The predicted octanol–water partition coefficient (Wildman–Crippen LogP) is 1.71. The van der Waals surface area contributed by atoms with E-state index in [1.807, 2.05) is 30.3 Å². The van der Waals surface area contributed by atoms with E-state index >= 15 is 0 Å². The van der Waals surface area contributed by atoms with Gasteiger partial charge in [0.2, 0.25) is 5.91 Å². The first-order valence-electron chi connectivity index (χ1n) is 6.93. The minimum absolute atomic E-state index is 0.0316. The molecule has 2 rings (SSSR count). The number of carboxylic acids is 1. The normalized spacial score (nSPS) is 10.4. The third-order valence-electron chi connectivity index (χ3n) is 3.12. The molecule has 0 aliphatic carbocycles. The van der Waals surface area contributed by atoms with Gasteiger partial charge in [0, 0.05) is 12.8 Å². The van der Waals surface area contributed by atoms with Crippen LogP contribution in [-0.2, 0) is 16.1 Å². The molecule has 1 aromatic heterocycles. The van der Waals surface area contributed by atoms with Crippen LogP contribution in [0.25, 0.3) is 0 Å². The molecule has 1 amide bonds. The molecule has 7 heteroatoms. The quantitative estimate of drug-likeness (QED) is 0.721. The van der Waals surface area contributed by atoms with Crippen molar-refractivity contribution in [2.45, 2.75) is 25.8 Å². The van der Waals surface area contributed by atoms with Gasteiger partial charge < -0.3 is 16.2 Å². The molecule has 1 heterocycles. The van der Waals surface area contributed by atoms with E-state index in [-0.39, 0.29) is 18.7 Å². The number of hydrogen-bond donors (Lipinski definition) is 3. The predicted molar refractivity (Wildman–Crippen MR) is 82.3 cm³/mol. The van der Waals surface area contributed by atoms with E-state index in [0.717, 1.165) is 5.56 Å². The summed E-state index contributed by atoms with van der Waals surface area (Å²) in [5.74, 6) is -0.814. The van der Waals surface area contributed by atoms with Crippen molar-refractivity contribution in [3.63, 3.8) is 0 Å². The Morgan fingerprint density at radius 1 is 1.23 bits per heavy atom. The van der Waals surface area contributed by atoms with Gasteiger partial charge in [-0.1, -0.05) is 30.3 Å². The molecule has 0 radical (unpaired) electrons. The van der Waals surface area contributed by atoms with Gasteiger partial charge in [0.25, 0.3) is 0 Å². The highest BCUT2D eigenvalue weighted by Gasteiger charge is 2.11. The highest BCUT2D eigenvalue weighted by Crippen LogP contribution is 2.19. The fourth-order valence-electron chi connectivity index (χ4n) is 1.99. The van der Waals surface area contributed by atoms with Crippen molar-refractivity contribution >= 4 is 23.4 Å². The summed E-state index contributed by atoms with van der Waals surface area (Å²) in [6, 6.07) is 9.72. The molecule has 0 fully saturated rings. The molecule has 116 valence electrons. The van der Waals surface area contributed by atoms with Gasteiger partial charge in [-0.2, -0.15) is 5.10 Å². The number of carbonyl (C=O) groups excluding carboxylic acids is 1. The van der Waals surface area contributed by atoms with Gasteiger partial charge >= 0.3 is 5.97 Å². The molecule has 22 heavy (non-hydrogen) atoms. The number of benzene rings is 1. The second kappa shape index (κ2) is 7.26. The Bertz CT molecular complexity index is 652. The van der Waals surface area contributed by atoms with Crippen LogP contribution < -0.4 is 11.1 Å². The lowest BCUT2D eigenvalue weighted by Gasteiger charge is -2.06. The summed E-state index contributed by atoms with van der Waals surface area (Å²) < 4.78 is 1.60. The topological polar surface area (TPSA) is 110 Å². The molecule has 0 bridgehead atoms. The number of nitrogens with zero attached hydrogens (tertiary/aromatic N) is 2. The van der Waals surface area contributed by atoms with Crippen LogP contribution in [-0.4, -0.2) is 26.8 Å². The number of nitrogens with two attached hydrogens (primary N) is 1. The summed E-state index contributed by atoms with van der Waals surface area (Å²) in [6.07, 6.45) is 1.89. The van der Waals surface area contributed by atoms with Crippen LogP contribution in [0, 0.1) is 0 Å². The number of carbonyl (C=O) groups is 2. The number of aromatic nitrogens is 2. The van der Waals surface area contributed by atoms with E-state index in [9.17, 15) is 9.59 Å². The first-order valence-corrected chi connectivity index (χ1v) is 6.93. The maximum absolute atomic E-state index is 11.7. The molecular formula is C15H18N4O3. The van der Waals surface area contributed by atoms with E-state index < -0.39 is 5.97 Å². The lowest BCUT2D eigenvalue weighted by Crippen LogP contribution is -2.13. The molecular weight excluding hydrogens is 284 g/mol. The lowest BCUT2D eigenvalue weighted by atomic mass is 10.2. The fraction of sp³-hybridized carbons (Fsp3) is 0.267. The molecule has 7 nitrogen and oxygen atoms in total. The molecule has 0 aliphatic heterocycles. The number of nitrogen functional groups attached to an aromatic ring is 1. The lowest BCUT2D eigenvalue weighted by molar-refractivity contribution is -0.137. The summed E-state index contributed by atoms with van der Waals surface area (Å²) >= 11 is 0. The maximum atomic E-state index is 11.7. The van der Waals surface area contributed by atoms with Gasteiger partial charge in [-0.15, -0.1) is 0 Å². The van der Waals surface area contributed by atoms with Crippen LogP contribution in [0.3, 0.4) is 0 Å². The number of anilines is 2.